The second-order valence-corrected chi connectivity index (χ2v) is 5.29. The Labute approximate surface area is 134 Å². The maximum absolute atomic E-state index is 11.8. The first kappa shape index (κ1) is 18.6. The van der Waals surface area contributed by atoms with Crippen molar-refractivity contribution in [3.63, 3.8) is 0 Å². The highest BCUT2D eigenvalue weighted by molar-refractivity contribution is 6.04. The molecule has 23 heavy (non-hydrogen) atoms. The number of carboxylic acids is 2. The summed E-state index contributed by atoms with van der Waals surface area (Å²) in [6.07, 6.45) is 3.43. The Morgan fingerprint density at radius 1 is 1.09 bits per heavy atom. The molecule has 1 unspecified atom stereocenters. The van der Waals surface area contributed by atoms with E-state index in [1.807, 2.05) is 0 Å². The number of hydrogen-bond acceptors (Lipinski definition) is 5. The van der Waals surface area contributed by atoms with E-state index in [-0.39, 0.29) is 6.61 Å². The summed E-state index contributed by atoms with van der Waals surface area (Å²) in [5.74, 6) is -4.01. The molecule has 0 bridgehead atoms. The standard InChI is InChI=1S/C13H15NO6.C3H6/c14-13(11(17)18,7-6-10(15)16)12(19)20-8-9-4-2-1-3-5-9;1-2-3-1/h1-5H,6-8,14H2,(H,15,16)(H,17,18);1-3H2. The second-order valence-electron chi connectivity index (χ2n) is 5.29. The first-order chi connectivity index (χ1) is 10.9. The Balaban J connectivity index is 0.000000784. The first-order valence-corrected chi connectivity index (χ1v) is 7.31. The number of carbonyl (C=O) groups excluding carboxylic acids is 1. The van der Waals surface area contributed by atoms with Gasteiger partial charge in [-0.25, -0.2) is 9.59 Å². The Morgan fingerprint density at radius 3 is 2.09 bits per heavy atom. The molecular weight excluding hydrogens is 302 g/mol. The number of benzene rings is 1. The molecule has 4 N–H and O–H groups in total. The molecule has 1 saturated carbocycles. The van der Waals surface area contributed by atoms with Crippen LogP contribution in [0.15, 0.2) is 30.3 Å². The summed E-state index contributed by atoms with van der Waals surface area (Å²) in [5, 5.41) is 17.5. The fourth-order valence-electron chi connectivity index (χ4n) is 1.45. The van der Waals surface area contributed by atoms with Crippen LogP contribution in [-0.2, 0) is 25.7 Å². The molecule has 0 radical (unpaired) electrons. The molecule has 0 aromatic heterocycles. The fourth-order valence-corrected chi connectivity index (χ4v) is 1.45. The maximum Gasteiger partial charge on any atom is 0.338 e. The lowest BCUT2D eigenvalue weighted by molar-refractivity contribution is -0.162. The van der Waals surface area contributed by atoms with Gasteiger partial charge in [0.05, 0.1) is 0 Å². The topological polar surface area (TPSA) is 127 Å². The molecule has 1 aromatic rings. The van der Waals surface area contributed by atoms with Gasteiger partial charge in [0, 0.05) is 6.42 Å². The van der Waals surface area contributed by atoms with E-state index in [4.69, 9.17) is 20.7 Å². The average molecular weight is 323 g/mol. The second kappa shape index (κ2) is 8.89. The smallest absolute Gasteiger partial charge is 0.338 e. The van der Waals surface area contributed by atoms with E-state index in [2.05, 4.69) is 0 Å². The van der Waals surface area contributed by atoms with Gasteiger partial charge in [-0.15, -0.1) is 0 Å². The van der Waals surface area contributed by atoms with Gasteiger partial charge in [-0.05, 0) is 12.0 Å². The van der Waals surface area contributed by atoms with Crippen molar-refractivity contribution >= 4 is 17.9 Å². The van der Waals surface area contributed by atoms with Crippen LogP contribution >= 0.6 is 0 Å². The van der Waals surface area contributed by atoms with E-state index in [1.165, 1.54) is 19.3 Å². The quantitative estimate of drug-likeness (QED) is 0.513. The highest BCUT2D eigenvalue weighted by Gasteiger charge is 2.44. The summed E-state index contributed by atoms with van der Waals surface area (Å²) in [5.41, 5.74) is 3.78. The van der Waals surface area contributed by atoms with Gasteiger partial charge in [-0.3, -0.25) is 4.79 Å². The zero-order chi connectivity index (χ0) is 17.3. The van der Waals surface area contributed by atoms with Crippen LogP contribution in [0.2, 0.25) is 0 Å². The highest BCUT2D eigenvalue weighted by atomic mass is 16.5. The third kappa shape index (κ3) is 6.92. The van der Waals surface area contributed by atoms with Gasteiger partial charge in [-0.2, -0.15) is 0 Å². The van der Waals surface area contributed by atoms with Crippen LogP contribution in [0.5, 0.6) is 0 Å². The molecule has 0 spiro atoms. The molecule has 0 heterocycles. The van der Waals surface area contributed by atoms with E-state index in [1.54, 1.807) is 30.3 Å². The van der Waals surface area contributed by atoms with Crippen LogP contribution in [0.1, 0.15) is 37.7 Å². The van der Waals surface area contributed by atoms with E-state index < -0.39 is 36.3 Å². The van der Waals surface area contributed by atoms with Gasteiger partial charge >= 0.3 is 17.9 Å². The minimum atomic E-state index is -2.35. The van der Waals surface area contributed by atoms with Crippen LogP contribution < -0.4 is 5.73 Å². The average Bonchev–Trinajstić information content (AvgIpc) is 3.39. The van der Waals surface area contributed by atoms with Crippen molar-refractivity contribution in [1.82, 2.24) is 0 Å². The van der Waals surface area contributed by atoms with Gasteiger partial charge in [0.25, 0.3) is 0 Å². The molecule has 1 aliphatic carbocycles. The Morgan fingerprint density at radius 2 is 1.65 bits per heavy atom. The summed E-state index contributed by atoms with van der Waals surface area (Å²) in [4.78, 5) is 33.3. The van der Waals surface area contributed by atoms with Gasteiger partial charge in [0.2, 0.25) is 5.54 Å². The molecule has 0 aliphatic heterocycles. The predicted molar refractivity (Wildman–Crippen MR) is 81.5 cm³/mol. The molecule has 7 nitrogen and oxygen atoms in total. The molecule has 2 rings (SSSR count). The number of aliphatic carboxylic acids is 2. The lowest BCUT2D eigenvalue weighted by Crippen LogP contribution is -2.56. The number of carboxylic acid groups (broad SMARTS) is 2. The van der Waals surface area contributed by atoms with Crippen molar-refractivity contribution in [3.8, 4) is 0 Å². The van der Waals surface area contributed by atoms with Gasteiger partial charge in [-0.1, -0.05) is 49.6 Å². The van der Waals surface area contributed by atoms with Crippen LogP contribution in [0.25, 0.3) is 0 Å². The zero-order valence-electron chi connectivity index (χ0n) is 12.7. The summed E-state index contributed by atoms with van der Waals surface area (Å²) >= 11 is 0. The third-order valence-corrected chi connectivity index (χ3v) is 3.05. The number of nitrogens with two attached hydrogens (primary N) is 1. The van der Waals surface area contributed by atoms with E-state index in [0.717, 1.165) is 0 Å². The van der Waals surface area contributed by atoms with Crippen LogP contribution in [-0.4, -0.2) is 33.7 Å². The molecule has 1 aromatic carbocycles. The molecule has 0 amide bonds. The number of rotatable bonds is 7. The highest BCUT2D eigenvalue weighted by Crippen LogP contribution is 2.15. The Hall–Kier alpha value is -2.41. The predicted octanol–water partition coefficient (Wildman–Crippen LogP) is 1.55. The van der Waals surface area contributed by atoms with Gasteiger partial charge < -0.3 is 20.7 Å². The summed E-state index contributed by atoms with van der Waals surface area (Å²) < 4.78 is 4.85. The lowest BCUT2D eigenvalue weighted by Gasteiger charge is -2.21. The molecule has 0 saturated heterocycles. The van der Waals surface area contributed by atoms with Crippen molar-refractivity contribution < 1.29 is 29.3 Å². The largest absolute Gasteiger partial charge is 0.481 e. The van der Waals surface area contributed by atoms with E-state index in [9.17, 15) is 14.4 Å². The van der Waals surface area contributed by atoms with Crippen molar-refractivity contribution in [3.05, 3.63) is 35.9 Å². The third-order valence-electron chi connectivity index (χ3n) is 3.05. The number of ether oxygens (including phenoxy) is 1. The van der Waals surface area contributed by atoms with Crippen molar-refractivity contribution in [2.45, 2.75) is 44.2 Å². The Bertz CT molecular complexity index is 540. The van der Waals surface area contributed by atoms with Crippen molar-refractivity contribution in [2.75, 3.05) is 0 Å². The van der Waals surface area contributed by atoms with Gasteiger partial charge in [0.1, 0.15) is 6.61 Å². The monoisotopic (exact) mass is 323 g/mol. The van der Waals surface area contributed by atoms with Crippen molar-refractivity contribution in [2.24, 2.45) is 5.73 Å². The summed E-state index contributed by atoms with van der Waals surface area (Å²) in [7, 11) is 0. The summed E-state index contributed by atoms with van der Waals surface area (Å²) in [6, 6.07) is 8.65. The number of carbonyl (C=O) groups is 3. The molecule has 1 aliphatic rings. The number of hydrogen-bond donors (Lipinski definition) is 3. The zero-order valence-corrected chi connectivity index (χ0v) is 12.7. The molecule has 1 atom stereocenters. The first-order valence-electron chi connectivity index (χ1n) is 7.31. The number of esters is 1. The summed E-state index contributed by atoms with van der Waals surface area (Å²) in [6.45, 7) is -0.126. The Kier molecular flexibility index (Phi) is 7.21. The lowest BCUT2D eigenvalue weighted by atomic mass is 9.95. The normalized spacial score (nSPS) is 14.7. The molecule has 7 heteroatoms. The minimum absolute atomic E-state index is 0.126. The fraction of sp³-hybridized carbons (Fsp3) is 0.438. The van der Waals surface area contributed by atoms with Gasteiger partial charge in [0.15, 0.2) is 0 Å². The SMILES string of the molecule is C1CC1.NC(CCC(=O)O)(C(=O)O)C(=O)OCc1ccccc1. The molecule has 1 fully saturated rings. The van der Waals surface area contributed by atoms with E-state index in [0.29, 0.717) is 5.56 Å². The van der Waals surface area contributed by atoms with Crippen molar-refractivity contribution in [1.29, 1.82) is 0 Å². The van der Waals surface area contributed by atoms with Crippen LogP contribution in [0.4, 0.5) is 0 Å². The minimum Gasteiger partial charge on any atom is -0.481 e. The van der Waals surface area contributed by atoms with Crippen LogP contribution in [0, 0.1) is 0 Å². The maximum atomic E-state index is 11.8. The molecular formula is C16H21NO6. The molecule has 126 valence electrons. The van der Waals surface area contributed by atoms with E-state index >= 15 is 0 Å². The van der Waals surface area contributed by atoms with Crippen LogP contribution in [0.3, 0.4) is 0 Å².